The van der Waals surface area contributed by atoms with E-state index in [-0.39, 0.29) is 76.8 Å². The Bertz CT molecular complexity index is 2570. The third-order valence-electron chi connectivity index (χ3n) is 14.5. The molecule has 3 fully saturated rings. The molecule has 0 aromatic heterocycles. The second kappa shape index (κ2) is 21.5. The Morgan fingerprint density at radius 2 is 1.41 bits per heavy atom. The molecule has 1 amide bonds. The number of ether oxygens (including phenoxy) is 6. The van der Waals surface area contributed by atoms with Gasteiger partial charge in [0.15, 0.2) is 17.5 Å². The van der Waals surface area contributed by atoms with Crippen molar-refractivity contribution in [3.8, 4) is 0 Å². The van der Waals surface area contributed by atoms with Crippen molar-refractivity contribution in [3.05, 3.63) is 119 Å². The molecule has 1 radical (unpaired) electrons. The van der Waals surface area contributed by atoms with Gasteiger partial charge in [0, 0.05) is 80.1 Å². The molecule has 2 saturated carbocycles. The average Bonchev–Trinajstić information content (AvgIpc) is 3.31. The van der Waals surface area contributed by atoms with E-state index in [0.29, 0.717) is 0 Å². The van der Waals surface area contributed by atoms with Crippen LogP contribution in [0.4, 0.5) is 0 Å². The number of hydrogen-bond donors (Lipinski definition) is 4. The van der Waals surface area contributed by atoms with Crippen LogP contribution in [0.1, 0.15) is 106 Å². The molecule has 3 aliphatic carbocycles. The summed E-state index contributed by atoms with van der Waals surface area (Å²) in [5, 5.41) is 38.1. The summed E-state index contributed by atoms with van der Waals surface area (Å²) in [7, 11) is 0. The Kier molecular flexibility index (Phi) is 16.5. The molecule has 1 heterocycles. The molecule has 71 heavy (non-hydrogen) atoms. The third-order valence-corrected chi connectivity index (χ3v) is 14.5. The number of ketones is 1. The number of carbonyl (C=O) groups is 8. The molecule has 1 saturated heterocycles. The van der Waals surface area contributed by atoms with Gasteiger partial charge in [-0.3, -0.25) is 28.8 Å². The minimum atomic E-state index is -2.49. The molecule has 3 aromatic carbocycles. The summed E-state index contributed by atoms with van der Waals surface area (Å²) in [5.41, 5.74) is -7.67. The number of Topliss-reactive ketones (excluding diaryl/α,β-unsaturated/α-hetero) is 1. The van der Waals surface area contributed by atoms with Gasteiger partial charge in [-0.2, -0.15) is 0 Å². The van der Waals surface area contributed by atoms with Crippen LogP contribution < -0.4 is 5.32 Å². The summed E-state index contributed by atoms with van der Waals surface area (Å²) in [6.07, 6.45) is -12.0. The number of aliphatic hydroxyl groups is 2. The summed E-state index contributed by atoms with van der Waals surface area (Å²) in [6.45, 7) is 7.73. The predicted octanol–water partition coefficient (Wildman–Crippen LogP) is 4.16. The first kappa shape index (κ1) is 54.6. The van der Waals surface area contributed by atoms with Gasteiger partial charge in [-0.15, -0.1) is 0 Å². The molecule has 7 rings (SSSR count). The largest absolute Gasteiger partial charge is 0.481 e. The molecule has 11 atom stereocenters. The van der Waals surface area contributed by atoms with Crippen molar-refractivity contribution in [1.29, 1.82) is 0 Å². The maximum Gasteiger partial charge on any atom is 0.350 e. The van der Waals surface area contributed by atoms with E-state index >= 15 is 9.59 Å². The Balaban J connectivity index is 0.00000825. The zero-order valence-corrected chi connectivity index (χ0v) is 42.6. The fourth-order valence-electron chi connectivity index (χ4n) is 10.9. The van der Waals surface area contributed by atoms with Gasteiger partial charge in [0.25, 0.3) is 5.91 Å². The molecule has 1 aliphatic heterocycles. The quantitative estimate of drug-likeness (QED) is 0.0721. The normalized spacial score (nSPS) is 29.0. The zero-order valence-electron chi connectivity index (χ0n) is 40.6. The third kappa shape index (κ3) is 10.3. The van der Waals surface area contributed by atoms with Crippen molar-refractivity contribution in [1.82, 2.24) is 5.32 Å². The van der Waals surface area contributed by atoms with E-state index in [4.69, 9.17) is 28.4 Å². The minimum absolute atomic E-state index is 0. The second-order valence-corrected chi connectivity index (χ2v) is 19.1. The molecule has 19 heteroatoms. The van der Waals surface area contributed by atoms with Gasteiger partial charge in [-0.05, 0) is 61.2 Å². The van der Waals surface area contributed by atoms with Crippen LogP contribution in [0.2, 0.25) is 0 Å². The van der Waals surface area contributed by atoms with Gasteiger partial charge < -0.3 is 49.1 Å². The number of carboxylic acids is 1. The van der Waals surface area contributed by atoms with Crippen LogP contribution in [0.15, 0.2) is 102 Å². The Labute approximate surface area is 432 Å². The Morgan fingerprint density at radius 1 is 0.817 bits per heavy atom. The molecule has 4 aliphatic rings. The van der Waals surface area contributed by atoms with E-state index in [9.17, 15) is 44.1 Å². The van der Waals surface area contributed by atoms with Crippen molar-refractivity contribution in [2.45, 2.75) is 128 Å². The number of aliphatic carboxylic acids is 1. The van der Waals surface area contributed by atoms with Crippen LogP contribution in [-0.4, -0.2) is 147 Å². The summed E-state index contributed by atoms with van der Waals surface area (Å²) in [4.78, 5) is 110. The topological polar surface area (TPSA) is 265 Å². The van der Waals surface area contributed by atoms with Gasteiger partial charge in [0.05, 0.1) is 29.6 Å². The van der Waals surface area contributed by atoms with Crippen LogP contribution in [-0.2, 0) is 57.2 Å². The van der Waals surface area contributed by atoms with E-state index in [1.54, 1.807) is 66.7 Å². The van der Waals surface area contributed by atoms with Gasteiger partial charge in [-0.1, -0.05) is 80.6 Å². The number of amides is 1. The van der Waals surface area contributed by atoms with Crippen molar-refractivity contribution in [2.75, 3.05) is 6.61 Å². The summed E-state index contributed by atoms with van der Waals surface area (Å²) in [6, 6.07) is 22.3. The van der Waals surface area contributed by atoms with E-state index in [0.717, 1.165) is 13.8 Å². The number of nitrogens with one attached hydrogen (secondary N) is 1. The number of esters is 5. The maximum absolute atomic E-state index is 15.7. The number of benzene rings is 3. The molecule has 0 spiro atoms. The molecular formula is C52H57NNaO17. The van der Waals surface area contributed by atoms with E-state index < -0.39 is 137 Å². The number of aliphatic hydroxyl groups excluding tert-OH is 1. The minimum Gasteiger partial charge on any atom is -0.481 e. The smallest absolute Gasteiger partial charge is 0.350 e. The van der Waals surface area contributed by atoms with Crippen molar-refractivity contribution in [2.24, 2.45) is 16.7 Å². The monoisotopic (exact) mass is 990 g/mol. The predicted molar refractivity (Wildman–Crippen MR) is 249 cm³/mol. The number of fused-ring (bicyclic) bond motifs is 5. The SMILES string of the molecule is CC(=O)O[C@H]1C(=O)[C@@]2(C)C([C@H](OC(=O)c3ccccc3)[C@]3(O)CC(OC(=O)C(OC(=O)CCCC(=O)O)C(NC(=O)c4ccccc4)c4ccccc4)C(C)=C1C3(C)C)C1(OC(C)=O)COC1C[C@@H]2O.[Na]. The fraction of sp³-hybridized carbons (Fsp3) is 0.462. The molecular weight excluding hydrogens is 934 g/mol. The summed E-state index contributed by atoms with van der Waals surface area (Å²) >= 11 is 0. The van der Waals surface area contributed by atoms with E-state index in [1.807, 2.05) is 0 Å². The van der Waals surface area contributed by atoms with E-state index in [2.05, 4.69) is 5.32 Å². The van der Waals surface area contributed by atoms with Gasteiger partial charge in [-0.25, -0.2) is 9.59 Å². The number of carbonyl (C=O) groups excluding carboxylic acids is 7. The van der Waals surface area contributed by atoms with E-state index in [1.165, 1.54) is 52.0 Å². The van der Waals surface area contributed by atoms with Crippen molar-refractivity contribution < 1.29 is 82.1 Å². The molecule has 6 unspecified atom stereocenters. The number of rotatable bonds is 15. The van der Waals surface area contributed by atoms with Crippen LogP contribution in [0.25, 0.3) is 0 Å². The standard InChI is InChI=1S/C52H57NO17.Na/c1-28-34(67-48(63)42(68-38(59)24-16-23-37(57)58)40(31-17-10-7-11-18-31)53-46(61)32-19-12-8-13-20-32)26-52(64)45(69-47(62)33-21-14-9-15-22-33)43-50(6,35(56)25-36-51(43,27-65-36)70-30(3)55)44(60)41(66-29(2)54)39(28)49(52,4)5;/h7-15,17-22,34-36,40-43,45,56,64H,16,23-27H2,1-6H3,(H,53,61)(H,57,58);/t34?,35-,36?,40?,41+,42?,43?,45-,50+,51?,52+;/m0./s1. The van der Waals surface area contributed by atoms with Crippen molar-refractivity contribution in [3.63, 3.8) is 0 Å². The average molecular weight is 991 g/mol. The zero-order chi connectivity index (χ0) is 50.9. The van der Waals surface area contributed by atoms with Crippen molar-refractivity contribution >= 4 is 77.1 Å². The summed E-state index contributed by atoms with van der Waals surface area (Å²) in [5.74, 6) is -9.41. The summed E-state index contributed by atoms with van der Waals surface area (Å²) < 4.78 is 36.5. The molecule has 373 valence electrons. The molecule has 18 nitrogen and oxygen atoms in total. The molecule has 2 bridgehead atoms. The fourth-order valence-corrected chi connectivity index (χ4v) is 10.9. The second-order valence-electron chi connectivity index (χ2n) is 19.1. The Morgan fingerprint density at radius 3 is 1.96 bits per heavy atom. The van der Waals surface area contributed by atoms with Gasteiger partial charge >= 0.3 is 35.8 Å². The maximum atomic E-state index is 15.7. The number of hydrogen-bond acceptors (Lipinski definition) is 16. The Hall–Kier alpha value is -5.76. The van der Waals surface area contributed by atoms with Crippen LogP contribution in [0.5, 0.6) is 0 Å². The first-order valence-corrected chi connectivity index (χ1v) is 23.0. The molecule has 4 N–H and O–H groups in total. The first-order valence-electron chi connectivity index (χ1n) is 23.0. The van der Waals surface area contributed by atoms with Crippen LogP contribution in [0, 0.1) is 16.7 Å². The number of carboxylic acid groups (broad SMARTS) is 1. The first-order chi connectivity index (χ1) is 33.1. The van der Waals surface area contributed by atoms with Gasteiger partial charge in [0.1, 0.15) is 30.0 Å². The van der Waals surface area contributed by atoms with Crippen LogP contribution >= 0.6 is 0 Å². The van der Waals surface area contributed by atoms with Crippen LogP contribution in [0.3, 0.4) is 0 Å². The molecule has 3 aromatic rings. The van der Waals surface area contributed by atoms with Gasteiger partial charge in [0.2, 0.25) is 6.10 Å².